The number of amides is 1. The fourth-order valence-electron chi connectivity index (χ4n) is 3.13. The number of nitrogens with one attached hydrogen (secondary N) is 1. The Labute approximate surface area is 125 Å². The first kappa shape index (κ1) is 15.5. The lowest BCUT2D eigenvalue weighted by Crippen LogP contribution is -2.38. The molecule has 4 heteroatoms. The van der Waals surface area contributed by atoms with E-state index < -0.39 is 5.97 Å². The molecule has 0 heterocycles. The van der Waals surface area contributed by atoms with Crippen LogP contribution in [0.4, 0.5) is 0 Å². The first-order valence-corrected chi connectivity index (χ1v) is 7.57. The molecule has 4 nitrogen and oxygen atoms in total. The predicted octanol–water partition coefficient (Wildman–Crippen LogP) is 2.80. The van der Waals surface area contributed by atoms with Gasteiger partial charge in [-0.1, -0.05) is 44.2 Å². The number of aliphatic carboxylic acids is 1. The molecule has 2 N–H and O–H groups in total. The van der Waals surface area contributed by atoms with Gasteiger partial charge in [-0.3, -0.25) is 9.59 Å². The molecule has 0 unspecified atom stereocenters. The molecule has 1 aromatic rings. The van der Waals surface area contributed by atoms with Crippen LogP contribution in [0, 0.1) is 11.8 Å². The van der Waals surface area contributed by atoms with Gasteiger partial charge in [-0.2, -0.15) is 0 Å². The van der Waals surface area contributed by atoms with E-state index in [0.29, 0.717) is 12.8 Å². The quantitative estimate of drug-likeness (QED) is 0.876. The highest BCUT2D eigenvalue weighted by molar-refractivity contribution is 5.84. The van der Waals surface area contributed by atoms with Gasteiger partial charge in [-0.25, -0.2) is 0 Å². The maximum absolute atomic E-state index is 12.6. The predicted molar refractivity (Wildman–Crippen MR) is 80.9 cm³/mol. The van der Waals surface area contributed by atoms with E-state index in [1.54, 1.807) is 0 Å². The molecule has 1 aliphatic rings. The molecular weight excluding hydrogens is 266 g/mol. The molecule has 0 radical (unpaired) electrons. The molecule has 114 valence electrons. The van der Waals surface area contributed by atoms with Crippen molar-refractivity contribution >= 4 is 11.9 Å². The summed E-state index contributed by atoms with van der Waals surface area (Å²) in [5.41, 5.74) is 1.01. The van der Waals surface area contributed by atoms with Crippen LogP contribution in [0.5, 0.6) is 0 Å². The van der Waals surface area contributed by atoms with Crippen molar-refractivity contribution in [3.05, 3.63) is 35.9 Å². The van der Waals surface area contributed by atoms with E-state index in [-0.39, 0.29) is 29.7 Å². The highest BCUT2D eigenvalue weighted by atomic mass is 16.4. The first-order valence-electron chi connectivity index (χ1n) is 7.57. The number of carboxylic acids is 1. The van der Waals surface area contributed by atoms with E-state index in [2.05, 4.69) is 5.32 Å². The van der Waals surface area contributed by atoms with Crippen molar-refractivity contribution in [2.24, 2.45) is 11.8 Å². The van der Waals surface area contributed by atoms with Crippen molar-refractivity contribution in [1.29, 1.82) is 0 Å². The van der Waals surface area contributed by atoms with Crippen LogP contribution in [-0.4, -0.2) is 23.0 Å². The minimum Gasteiger partial charge on any atom is -0.481 e. The van der Waals surface area contributed by atoms with Gasteiger partial charge in [-0.15, -0.1) is 0 Å². The van der Waals surface area contributed by atoms with Gasteiger partial charge in [0, 0.05) is 6.04 Å². The van der Waals surface area contributed by atoms with Crippen molar-refractivity contribution in [2.75, 3.05) is 0 Å². The first-order chi connectivity index (χ1) is 9.99. The third-order valence-electron chi connectivity index (χ3n) is 4.24. The number of carboxylic acid groups (broad SMARTS) is 1. The van der Waals surface area contributed by atoms with Gasteiger partial charge in [0.05, 0.1) is 11.8 Å². The summed E-state index contributed by atoms with van der Waals surface area (Å²) in [7, 11) is 0. The number of carbonyl (C=O) groups is 2. The zero-order valence-electron chi connectivity index (χ0n) is 12.6. The molecule has 3 atom stereocenters. The Balaban J connectivity index is 2.02. The van der Waals surface area contributed by atoms with Crippen LogP contribution >= 0.6 is 0 Å². The third kappa shape index (κ3) is 3.84. The Morgan fingerprint density at radius 3 is 2.38 bits per heavy atom. The van der Waals surface area contributed by atoms with Gasteiger partial charge in [0.1, 0.15) is 0 Å². The van der Waals surface area contributed by atoms with Crippen molar-refractivity contribution in [2.45, 2.75) is 45.1 Å². The monoisotopic (exact) mass is 289 g/mol. The summed E-state index contributed by atoms with van der Waals surface area (Å²) in [4.78, 5) is 23.5. The molecule has 1 amide bonds. The molecule has 0 spiro atoms. The van der Waals surface area contributed by atoms with Crippen molar-refractivity contribution in [3.63, 3.8) is 0 Å². The van der Waals surface area contributed by atoms with E-state index in [1.165, 1.54) is 0 Å². The maximum Gasteiger partial charge on any atom is 0.306 e. The minimum absolute atomic E-state index is 0.00670. The Kier molecular flexibility index (Phi) is 4.99. The van der Waals surface area contributed by atoms with Crippen molar-refractivity contribution in [1.82, 2.24) is 5.32 Å². The lowest BCUT2D eigenvalue weighted by atomic mass is 9.87. The highest BCUT2D eigenvalue weighted by Gasteiger charge is 2.32. The molecule has 1 saturated carbocycles. The summed E-state index contributed by atoms with van der Waals surface area (Å²) in [6.07, 6.45) is 1.95. The van der Waals surface area contributed by atoms with Crippen LogP contribution in [-0.2, 0) is 9.59 Å². The van der Waals surface area contributed by atoms with E-state index in [4.69, 9.17) is 5.11 Å². The molecule has 21 heavy (non-hydrogen) atoms. The zero-order chi connectivity index (χ0) is 15.4. The van der Waals surface area contributed by atoms with E-state index in [0.717, 1.165) is 12.0 Å². The van der Waals surface area contributed by atoms with Crippen molar-refractivity contribution < 1.29 is 14.7 Å². The lowest BCUT2D eigenvalue weighted by Gasteiger charge is -2.23. The fraction of sp³-hybridized carbons (Fsp3) is 0.529. The molecule has 0 bridgehead atoms. The molecule has 0 aromatic heterocycles. The zero-order valence-corrected chi connectivity index (χ0v) is 12.6. The van der Waals surface area contributed by atoms with Crippen LogP contribution < -0.4 is 5.32 Å². The van der Waals surface area contributed by atoms with Gasteiger partial charge in [0.2, 0.25) is 5.91 Å². The second-order valence-electron chi connectivity index (χ2n) is 6.19. The van der Waals surface area contributed by atoms with Crippen LogP contribution in [0.15, 0.2) is 30.3 Å². The Morgan fingerprint density at radius 1 is 1.19 bits per heavy atom. The normalized spacial score (nSPS) is 23.0. The molecule has 1 fully saturated rings. The SMILES string of the molecule is CC(C)[C@H](C(=O)N[C@@H]1CC[C@H](C(=O)O)C1)c1ccccc1. The minimum atomic E-state index is -0.754. The van der Waals surface area contributed by atoms with Gasteiger partial charge >= 0.3 is 5.97 Å². The van der Waals surface area contributed by atoms with Crippen molar-refractivity contribution in [3.8, 4) is 0 Å². The number of hydrogen-bond acceptors (Lipinski definition) is 2. The average Bonchev–Trinajstić information content (AvgIpc) is 2.88. The lowest BCUT2D eigenvalue weighted by molar-refractivity contribution is -0.141. The summed E-state index contributed by atoms with van der Waals surface area (Å²) >= 11 is 0. The Morgan fingerprint density at radius 2 is 1.86 bits per heavy atom. The smallest absolute Gasteiger partial charge is 0.306 e. The second-order valence-corrected chi connectivity index (χ2v) is 6.19. The molecule has 1 aliphatic carbocycles. The van der Waals surface area contributed by atoms with Crippen LogP contribution in [0.2, 0.25) is 0 Å². The summed E-state index contributed by atoms with van der Waals surface area (Å²) in [5, 5.41) is 12.1. The molecule has 2 rings (SSSR count). The average molecular weight is 289 g/mol. The third-order valence-corrected chi connectivity index (χ3v) is 4.24. The topological polar surface area (TPSA) is 66.4 Å². The van der Waals surface area contributed by atoms with E-state index in [9.17, 15) is 9.59 Å². The van der Waals surface area contributed by atoms with Gasteiger partial charge in [-0.05, 0) is 30.7 Å². The van der Waals surface area contributed by atoms with Gasteiger partial charge in [0.15, 0.2) is 0 Å². The summed E-state index contributed by atoms with van der Waals surface area (Å²) in [5.74, 6) is -1.05. The maximum atomic E-state index is 12.6. The van der Waals surface area contributed by atoms with E-state index in [1.807, 2.05) is 44.2 Å². The van der Waals surface area contributed by atoms with Gasteiger partial charge < -0.3 is 10.4 Å². The summed E-state index contributed by atoms with van der Waals surface area (Å²) < 4.78 is 0. The van der Waals surface area contributed by atoms with Crippen LogP contribution in [0.25, 0.3) is 0 Å². The summed E-state index contributed by atoms with van der Waals surface area (Å²) in [6.45, 7) is 4.07. The summed E-state index contributed by atoms with van der Waals surface area (Å²) in [6, 6.07) is 9.75. The largest absolute Gasteiger partial charge is 0.481 e. The molecule has 0 aliphatic heterocycles. The Bertz CT molecular complexity index is 498. The number of hydrogen-bond donors (Lipinski definition) is 2. The number of benzene rings is 1. The van der Waals surface area contributed by atoms with E-state index >= 15 is 0 Å². The number of carbonyl (C=O) groups excluding carboxylic acids is 1. The molecule has 1 aromatic carbocycles. The standard InChI is InChI=1S/C17H23NO3/c1-11(2)15(12-6-4-3-5-7-12)16(19)18-14-9-8-13(10-14)17(20)21/h3-7,11,13-15H,8-10H2,1-2H3,(H,18,19)(H,20,21)/t13-,14+,15-/m0/s1. The Hall–Kier alpha value is -1.84. The van der Waals surface area contributed by atoms with Crippen LogP contribution in [0.1, 0.15) is 44.6 Å². The van der Waals surface area contributed by atoms with Crippen LogP contribution in [0.3, 0.4) is 0 Å². The van der Waals surface area contributed by atoms with Gasteiger partial charge in [0.25, 0.3) is 0 Å². The molecular formula is C17H23NO3. The fourth-order valence-corrected chi connectivity index (χ4v) is 3.13. The second kappa shape index (κ2) is 6.74. The number of rotatable bonds is 5. The highest BCUT2D eigenvalue weighted by Crippen LogP contribution is 2.28. The molecule has 0 saturated heterocycles.